The van der Waals surface area contributed by atoms with Crippen LogP contribution in [0.2, 0.25) is 0 Å². The maximum absolute atomic E-state index is 13.4. The van der Waals surface area contributed by atoms with E-state index >= 15 is 0 Å². The maximum Gasteiger partial charge on any atom is 0.338 e. The van der Waals surface area contributed by atoms with Crippen LogP contribution in [0.1, 0.15) is 33.3 Å². The SMILES string of the molecule is COc1ccnc(C(=O)NC2COC(=O)[C@H](Cc3ccccc3)C(OC(=O)c3ccccc3)[C@H](C)OC2=O)c1O. The summed E-state index contributed by atoms with van der Waals surface area (Å²) in [4.78, 5) is 56.2. The van der Waals surface area contributed by atoms with E-state index in [-0.39, 0.29) is 17.7 Å². The number of ether oxygens (including phenoxy) is 4. The van der Waals surface area contributed by atoms with Crippen molar-refractivity contribution in [3.05, 3.63) is 89.7 Å². The number of hydrogen-bond donors (Lipinski definition) is 2. The molecule has 1 fully saturated rings. The Bertz CT molecular complexity index is 1360. The molecule has 11 nitrogen and oxygen atoms in total. The number of pyridine rings is 1. The van der Waals surface area contributed by atoms with Gasteiger partial charge in [0.1, 0.15) is 18.6 Å². The molecule has 1 aliphatic heterocycles. The van der Waals surface area contributed by atoms with Crippen LogP contribution in [0, 0.1) is 5.92 Å². The zero-order valence-corrected chi connectivity index (χ0v) is 21.8. The van der Waals surface area contributed by atoms with E-state index in [1.807, 2.05) is 18.2 Å². The summed E-state index contributed by atoms with van der Waals surface area (Å²) in [7, 11) is 1.31. The average Bonchev–Trinajstić information content (AvgIpc) is 3.00. The summed E-state index contributed by atoms with van der Waals surface area (Å²) < 4.78 is 21.8. The van der Waals surface area contributed by atoms with E-state index in [4.69, 9.17) is 18.9 Å². The lowest BCUT2D eigenvalue weighted by Crippen LogP contribution is -2.46. The number of carbonyl (C=O) groups excluding carboxylic acids is 4. The molecule has 2 heterocycles. The number of methoxy groups -OCH3 is 1. The van der Waals surface area contributed by atoms with Gasteiger partial charge in [-0.25, -0.2) is 14.6 Å². The molecule has 1 amide bonds. The van der Waals surface area contributed by atoms with Crippen molar-refractivity contribution in [3.8, 4) is 11.5 Å². The number of hydrogen-bond acceptors (Lipinski definition) is 10. The number of aromatic hydroxyl groups is 1. The first kappa shape index (κ1) is 28.1. The third kappa shape index (κ3) is 6.55. The standard InChI is InChI=1S/C29H28N2O9/c1-17-25(40-27(34)19-11-7-4-8-12-19)20(15-18-9-5-3-6-10-18)28(35)38-16-21(29(36)39-17)31-26(33)23-24(32)22(37-2)13-14-30-23/h3-14,17,20-21,25,32H,15-16H2,1-2H3,(H,31,33)/t17-,20+,21?,25?/m0/s1. The number of cyclic esters (lactones) is 2. The van der Waals surface area contributed by atoms with Crippen molar-refractivity contribution >= 4 is 23.8 Å². The molecule has 40 heavy (non-hydrogen) atoms. The predicted octanol–water partition coefficient (Wildman–Crippen LogP) is 2.47. The van der Waals surface area contributed by atoms with E-state index in [0.29, 0.717) is 0 Å². The molecule has 0 aliphatic carbocycles. The van der Waals surface area contributed by atoms with Gasteiger partial charge >= 0.3 is 17.9 Å². The summed E-state index contributed by atoms with van der Waals surface area (Å²) in [6.07, 6.45) is -0.922. The van der Waals surface area contributed by atoms with Gasteiger partial charge < -0.3 is 29.4 Å². The van der Waals surface area contributed by atoms with Crippen LogP contribution < -0.4 is 10.1 Å². The number of nitrogens with zero attached hydrogens (tertiary/aromatic N) is 1. The van der Waals surface area contributed by atoms with Crippen LogP contribution in [-0.2, 0) is 30.2 Å². The quantitative estimate of drug-likeness (QED) is 0.333. The number of amides is 1. The second-order valence-electron chi connectivity index (χ2n) is 9.04. The fourth-order valence-corrected chi connectivity index (χ4v) is 4.24. The van der Waals surface area contributed by atoms with E-state index in [1.54, 1.807) is 42.5 Å². The third-order valence-electron chi connectivity index (χ3n) is 6.32. The van der Waals surface area contributed by atoms with Crippen LogP contribution in [-0.4, -0.2) is 65.9 Å². The number of rotatable bonds is 7. The lowest BCUT2D eigenvalue weighted by Gasteiger charge is -2.29. The van der Waals surface area contributed by atoms with Gasteiger partial charge in [-0.2, -0.15) is 0 Å². The van der Waals surface area contributed by atoms with Gasteiger partial charge in [-0.15, -0.1) is 0 Å². The highest BCUT2D eigenvalue weighted by atomic mass is 16.6. The average molecular weight is 549 g/mol. The predicted molar refractivity (Wildman–Crippen MR) is 140 cm³/mol. The molecule has 0 radical (unpaired) electrons. The van der Waals surface area contributed by atoms with Crippen molar-refractivity contribution in [1.82, 2.24) is 10.3 Å². The van der Waals surface area contributed by atoms with Gasteiger partial charge in [0.05, 0.1) is 12.7 Å². The highest BCUT2D eigenvalue weighted by Crippen LogP contribution is 2.28. The Morgan fingerprint density at radius 2 is 1.70 bits per heavy atom. The van der Waals surface area contributed by atoms with Gasteiger partial charge in [0.15, 0.2) is 29.3 Å². The van der Waals surface area contributed by atoms with Crippen molar-refractivity contribution < 1.29 is 43.2 Å². The molecule has 2 aromatic carbocycles. The Labute approximate surface area is 230 Å². The number of nitrogens with one attached hydrogen (secondary N) is 1. The van der Waals surface area contributed by atoms with E-state index in [2.05, 4.69) is 10.3 Å². The molecule has 1 aliphatic rings. The highest BCUT2D eigenvalue weighted by Gasteiger charge is 2.42. The Morgan fingerprint density at radius 3 is 2.38 bits per heavy atom. The normalized spacial score (nSPS) is 21.1. The van der Waals surface area contributed by atoms with Crippen molar-refractivity contribution in [3.63, 3.8) is 0 Å². The molecule has 2 unspecified atom stereocenters. The Morgan fingerprint density at radius 1 is 1.02 bits per heavy atom. The zero-order chi connectivity index (χ0) is 28.6. The molecule has 4 atom stereocenters. The molecule has 4 rings (SSSR count). The van der Waals surface area contributed by atoms with Crippen molar-refractivity contribution in [1.29, 1.82) is 0 Å². The van der Waals surface area contributed by atoms with Crippen LogP contribution in [0.5, 0.6) is 11.5 Å². The summed E-state index contributed by atoms with van der Waals surface area (Å²) in [5, 5.41) is 12.7. The minimum atomic E-state index is -1.44. The number of esters is 3. The molecule has 2 N–H and O–H groups in total. The fraction of sp³-hybridized carbons (Fsp3) is 0.276. The summed E-state index contributed by atoms with van der Waals surface area (Å²) in [6.45, 7) is 0.928. The van der Waals surface area contributed by atoms with E-state index in [1.165, 1.54) is 26.3 Å². The van der Waals surface area contributed by atoms with E-state index in [0.717, 1.165) is 5.56 Å². The van der Waals surface area contributed by atoms with Gasteiger partial charge in [-0.1, -0.05) is 48.5 Å². The van der Waals surface area contributed by atoms with Crippen LogP contribution in [0.25, 0.3) is 0 Å². The second-order valence-corrected chi connectivity index (χ2v) is 9.04. The summed E-state index contributed by atoms with van der Waals surface area (Å²) in [5.41, 5.74) is 0.624. The summed E-state index contributed by atoms with van der Waals surface area (Å²) in [5.74, 6) is -4.86. The molecule has 1 saturated heterocycles. The first-order chi connectivity index (χ1) is 19.3. The van der Waals surface area contributed by atoms with Crippen LogP contribution in [0.3, 0.4) is 0 Å². The number of aromatic nitrogens is 1. The topological polar surface area (TPSA) is 150 Å². The van der Waals surface area contributed by atoms with Gasteiger partial charge in [-0.3, -0.25) is 9.59 Å². The van der Waals surface area contributed by atoms with Gasteiger partial charge in [-0.05, 0) is 31.0 Å². The van der Waals surface area contributed by atoms with Crippen molar-refractivity contribution in [2.24, 2.45) is 5.92 Å². The Balaban J connectivity index is 1.60. The summed E-state index contributed by atoms with van der Waals surface area (Å²) >= 11 is 0. The number of benzene rings is 2. The Kier molecular flexibility index (Phi) is 8.95. The molecule has 0 saturated carbocycles. The first-order valence-electron chi connectivity index (χ1n) is 12.5. The van der Waals surface area contributed by atoms with Crippen LogP contribution in [0.4, 0.5) is 0 Å². The molecule has 3 aromatic rings. The minimum absolute atomic E-state index is 0.00377. The molecule has 208 valence electrons. The molecule has 0 spiro atoms. The van der Waals surface area contributed by atoms with E-state index < -0.39 is 66.0 Å². The lowest BCUT2D eigenvalue weighted by atomic mass is 9.91. The van der Waals surface area contributed by atoms with Crippen molar-refractivity contribution in [2.75, 3.05) is 13.7 Å². The zero-order valence-electron chi connectivity index (χ0n) is 21.8. The highest BCUT2D eigenvalue weighted by molar-refractivity contribution is 5.98. The number of carbonyl (C=O) groups is 4. The van der Waals surface area contributed by atoms with Crippen LogP contribution in [0.15, 0.2) is 72.9 Å². The molecule has 0 bridgehead atoms. The maximum atomic E-state index is 13.4. The smallest absolute Gasteiger partial charge is 0.338 e. The largest absolute Gasteiger partial charge is 0.503 e. The molecule has 11 heteroatoms. The third-order valence-corrected chi connectivity index (χ3v) is 6.32. The minimum Gasteiger partial charge on any atom is -0.503 e. The molecule has 1 aromatic heterocycles. The van der Waals surface area contributed by atoms with Crippen LogP contribution >= 0.6 is 0 Å². The lowest BCUT2D eigenvalue weighted by molar-refractivity contribution is -0.159. The molecular weight excluding hydrogens is 520 g/mol. The second kappa shape index (κ2) is 12.7. The molecular formula is C29H28N2O9. The van der Waals surface area contributed by atoms with Crippen molar-refractivity contribution in [2.45, 2.75) is 31.6 Å². The van der Waals surface area contributed by atoms with Gasteiger partial charge in [0, 0.05) is 12.3 Å². The van der Waals surface area contributed by atoms with Gasteiger partial charge in [0.2, 0.25) is 0 Å². The van der Waals surface area contributed by atoms with Gasteiger partial charge in [0.25, 0.3) is 5.91 Å². The fourth-order valence-electron chi connectivity index (χ4n) is 4.24. The van der Waals surface area contributed by atoms with E-state index in [9.17, 15) is 24.3 Å². The first-order valence-corrected chi connectivity index (χ1v) is 12.5. The monoisotopic (exact) mass is 548 g/mol. The Hall–Kier alpha value is -4.93. The summed E-state index contributed by atoms with van der Waals surface area (Å²) in [6, 6.07) is 17.2.